The summed E-state index contributed by atoms with van der Waals surface area (Å²) in [4.78, 5) is -0.312. The molecule has 1 unspecified atom stereocenters. The first kappa shape index (κ1) is 9.94. The van der Waals surface area contributed by atoms with Gasteiger partial charge >= 0.3 is 0 Å². The van der Waals surface area contributed by atoms with Gasteiger partial charge in [0.1, 0.15) is 21.5 Å². The van der Waals surface area contributed by atoms with Crippen molar-refractivity contribution in [1.82, 2.24) is 0 Å². The first-order valence-electron chi connectivity index (χ1n) is 3.35. The Balaban J connectivity index is 3.29. The van der Waals surface area contributed by atoms with Gasteiger partial charge < -0.3 is 4.74 Å². The molecule has 3 N–H and O–H groups in total. The summed E-state index contributed by atoms with van der Waals surface area (Å²) in [5.41, 5.74) is 0. The van der Waals surface area contributed by atoms with Crippen molar-refractivity contribution in [1.29, 1.82) is 4.78 Å². The Bertz CT molecular complexity index is 417. The zero-order valence-electron chi connectivity index (χ0n) is 6.91. The largest absolute Gasteiger partial charge is 0.497 e. The minimum Gasteiger partial charge on any atom is -0.497 e. The van der Waals surface area contributed by atoms with E-state index in [0.717, 1.165) is 6.07 Å². The summed E-state index contributed by atoms with van der Waals surface area (Å²) >= 11 is 0. The molecule has 0 aliphatic carbocycles. The summed E-state index contributed by atoms with van der Waals surface area (Å²) < 4.78 is 35.7. The minimum atomic E-state index is -3.49. The molecule has 0 aliphatic heterocycles. The average molecular weight is 204 g/mol. The van der Waals surface area contributed by atoms with Gasteiger partial charge in [0.05, 0.1) is 12.0 Å². The third-order valence-electron chi connectivity index (χ3n) is 1.47. The van der Waals surface area contributed by atoms with Crippen molar-refractivity contribution in [2.45, 2.75) is 4.90 Å². The molecule has 0 radical (unpaired) electrons. The molecule has 1 atom stereocenters. The van der Waals surface area contributed by atoms with Gasteiger partial charge in [-0.05, 0) is 12.1 Å². The highest BCUT2D eigenvalue weighted by Crippen LogP contribution is 2.19. The van der Waals surface area contributed by atoms with E-state index < -0.39 is 15.7 Å². The zero-order chi connectivity index (χ0) is 10.1. The quantitative estimate of drug-likeness (QED) is 0.757. The van der Waals surface area contributed by atoms with E-state index in [9.17, 15) is 8.60 Å². The van der Waals surface area contributed by atoms with Crippen molar-refractivity contribution in [3.63, 3.8) is 0 Å². The van der Waals surface area contributed by atoms with Crippen molar-refractivity contribution in [3.8, 4) is 5.75 Å². The molecule has 0 aliphatic rings. The lowest BCUT2D eigenvalue weighted by Crippen LogP contribution is -2.12. The summed E-state index contributed by atoms with van der Waals surface area (Å²) in [6, 6.07) is 3.62. The highest BCUT2D eigenvalue weighted by molar-refractivity contribution is 7.90. The Labute approximate surface area is 75.6 Å². The van der Waals surface area contributed by atoms with Gasteiger partial charge in [-0.2, -0.15) is 0 Å². The highest BCUT2D eigenvalue weighted by atomic mass is 32.2. The maximum absolute atomic E-state index is 13.1. The molecular formula is C7H9FN2O2S. The Morgan fingerprint density at radius 1 is 1.62 bits per heavy atom. The number of benzene rings is 1. The molecule has 72 valence electrons. The van der Waals surface area contributed by atoms with Crippen molar-refractivity contribution < 1.29 is 13.3 Å². The molecule has 0 bridgehead atoms. The van der Waals surface area contributed by atoms with Crippen LogP contribution in [0.5, 0.6) is 5.75 Å². The van der Waals surface area contributed by atoms with E-state index in [1.165, 1.54) is 19.2 Å². The van der Waals surface area contributed by atoms with Crippen LogP contribution in [0, 0.1) is 10.6 Å². The molecule has 1 aromatic carbocycles. The van der Waals surface area contributed by atoms with Crippen molar-refractivity contribution >= 4 is 9.92 Å². The summed E-state index contributed by atoms with van der Waals surface area (Å²) in [7, 11) is -2.11. The summed E-state index contributed by atoms with van der Waals surface area (Å²) in [5.74, 6) is -0.494. The molecule has 0 aromatic heterocycles. The van der Waals surface area contributed by atoms with E-state index >= 15 is 0 Å². The Hall–Kier alpha value is -1.14. The smallest absolute Gasteiger partial charge is 0.145 e. The number of ether oxygens (including phenoxy) is 1. The number of methoxy groups -OCH3 is 1. The monoisotopic (exact) mass is 204 g/mol. The first-order chi connectivity index (χ1) is 5.95. The molecule has 0 heterocycles. The standard InChI is InChI=1S/C7H9FN2O2S/c1-12-5-2-3-7(6(8)4-5)13(9,10)11/h2-4H,1H3,(H3,9,10,11). The lowest BCUT2D eigenvalue weighted by Gasteiger charge is -2.04. The van der Waals surface area contributed by atoms with Crippen LogP contribution in [-0.4, -0.2) is 11.3 Å². The van der Waals surface area contributed by atoms with Crippen LogP contribution in [0.2, 0.25) is 0 Å². The molecule has 4 nitrogen and oxygen atoms in total. The number of hydrogen-bond acceptors (Lipinski definition) is 3. The molecule has 0 spiro atoms. The van der Waals surface area contributed by atoms with E-state index in [2.05, 4.69) is 0 Å². The van der Waals surface area contributed by atoms with E-state index in [1.54, 1.807) is 0 Å². The Morgan fingerprint density at radius 3 is 2.62 bits per heavy atom. The Kier molecular flexibility index (Phi) is 2.53. The van der Waals surface area contributed by atoms with Gasteiger partial charge in [0.15, 0.2) is 0 Å². The second kappa shape index (κ2) is 3.31. The minimum absolute atomic E-state index is 0.296. The van der Waals surface area contributed by atoms with Gasteiger partial charge in [-0.1, -0.05) is 0 Å². The molecule has 6 heteroatoms. The van der Waals surface area contributed by atoms with Gasteiger partial charge in [0, 0.05) is 6.07 Å². The van der Waals surface area contributed by atoms with Crippen molar-refractivity contribution in [3.05, 3.63) is 24.0 Å². The number of nitrogens with two attached hydrogens (primary N) is 1. The van der Waals surface area contributed by atoms with Crippen LogP contribution in [0.15, 0.2) is 23.1 Å². The van der Waals surface area contributed by atoms with Crippen molar-refractivity contribution in [2.75, 3.05) is 7.11 Å². The fourth-order valence-electron chi connectivity index (χ4n) is 0.854. The van der Waals surface area contributed by atoms with Crippen LogP contribution in [0.4, 0.5) is 4.39 Å². The lowest BCUT2D eigenvalue weighted by molar-refractivity contribution is 0.410. The number of rotatable bonds is 2. The molecular weight excluding hydrogens is 195 g/mol. The van der Waals surface area contributed by atoms with Gasteiger partial charge in [-0.25, -0.2) is 18.5 Å². The highest BCUT2D eigenvalue weighted by Gasteiger charge is 2.11. The number of halogens is 1. The third kappa shape index (κ3) is 2.16. The topological polar surface area (TPSA) is 76.2 Å². The Morgan fingerprint density at radius 2 is 2.23 bits per heavy atom. The molecule has 13 heavy (non-hydrogen) atoms. The molecule has 0 saturated carbocycles. The molecule has 1 aromatic rings. The van der Waals surface area contributed by atoms with E-state index in [0.29, 0.717) is 5.75 Å². The molecule has 1 rings (SSSR count). The van der Waals surface area contributed by atoms with Crippen LogP contribution >= 0.6 is 0 Å². The summed E-state index contributed by atoms with van der Waals surface area (Å²) in [6.45, 7) is 0. The van der Waals surface area contributed by atoms with Gasteiger partial charge in [-0.3, -0.25) is 0 Å². The van der Waals surface area contributed by atoms with E-state index in [1.807, 2.05) is 0 Å². The van der Waals surface area contributed by atoms with Crippen molar-refractivity contribution in [2.24, 2.45) is 5.14 Å². The van der Waals surface area contributed by atoms with Crippen LogP contribution in [0.3, 0.4) is 0 Å². The summed E-state index contributed by atoms with van der Waals surface area (Å²) in [5, 5.41) is 4.96. The van der Waals surface area contributed by atoms with Crippen LogP contribution in [0.25, 0.3) is 0 Å². The second-order valence-electron chi connectivity index (χ2n) is 2.40. The van der Waals surface area contributed by atoms with Gasteiger partial charge in [0.25, 0.3) is 0 Å². The third-order valence-corrected chi connectivity index (χ3v) is 2.45. The maximum Gasteiger partial charge on any atom is 0.145 e. The van der Waals surface area contributed by atoms with Gasteiger partial charge in [-0.15, -0.1) is 0 Å². The van der Waals surface area contributed by atoms with Crippen LogP contribution in [0.1, 0.15) is 0 Å². The lowest BCUT2D eigenvalue weighted by atomic mass is 10.3. The fraction of sp³-hybridized carbons (Fsp3) is 0.143. The van der Waals surface area contributed by atoms with Crippen LogP contribution in [-0.2, 0) is 9.92 Å². The zero-order valence-corrected chi connectivity index (χ0v) is 7.73. The second-order valence-corrected chi connectivity index (χ2v) is 4.04. The number of nitrogens with one attached hydrogen (secondary N) is 1. The fourth-order valence-corrected chi connectivity index (χ4v) is 1.47. The molecule has 0 fully saturated rings. The predicted octanol–water partition coefficient (Wildman–Crippen LogP) is 1.11. The first-order valence-corrected chi connectivity index (χ1v) is 4.97. The molecule has 0 saturated heterocycles. The normalized spacial score (nSPS) is 15.0. The van der Waals surface area contributed by atoms with Gasteiger partial charge in [0.2, 0.25) is 0 Å². The van der Waals surface area contributed by atoms with E-state index in [4.69, 9.17) is 14.7 Å². The average Bonchev–Trinajstić information content (AvgIpc) is 2.01. The SMILES string of the molecule is COc1ccc(S(=N)(N)=O)c(F)c1. The van der Waals surface area contributed by atoms with Crippen LogP contribution < -0.4 is 9.88 Å². The molecule has 0 amide bonds. The van der Waals surface area contributed by atoms with E-state index in [-0.39, 0.29) is 4.90 Å². The number of hydrogen-bond donors (Lipinski definition) is 2. The maximum atomic E-state index is 13.1. The summed E-state index contributed by atoms with van der Waals surface area (Å²) in [6.07, 6.45) is 0. The predicted molar refractivity (Wildman–Crippen MR) is 46.3 cm³/mol.